The van der Waals surface area contributed by atoms with Crippen molar-refractivity contribution in [3.05, 3.63) is 69.7 Å². The highest BCUT2D eigenvalue weighted by Gasteiger charge is 2.30. The first-order valence-electron chi connectivity index (χ1n) is 9.26. The Hall–Kier alpha value is -2.94. The van der Waals surface area contributed by atoms with E-state index in [4.69, 9.17) is 4.74 Å². The molecule has 2 aromatic carbocycles. The van der Waals surface area contributed by atoms with E-state index in [1.54, 1.807) is 19.9 Å². The maximum Gasteiger partial charge on any atom is 0.416 e. The van der Waals surface area contributed by atoms with Gasteiger partial charge in [0.15, 0.2) is 0 Å². The number of nitrogens with zero attached hydrogens (tertiary/aromatic N) is 1. The number of hydrogen-bond acceptors (Lipinski definition) is 5. The molecule has 0 N–H and O–H groups in total. The summed E-state index contributed by atoms with van der Waals surface area (Å²) in [6.45, 7) is 2.82. The van der Waals surface area contributed by atoms with Crippen LogP contribution in [0.15, 0.2) is 42.5 Å². The first-order valence-corrected chi connectivity index (χ1v) is 10.1. The number of benzene rings is 2. The second-order valence-electron chi connectivity index (χ2n) is 6.96. The third kappa shape index (κ3) is 5.61. The summed E-state index contributed by atoms with van der Waals surface area (Å²) >= 11 is 1.24. The van der Waals surface area contributed by atoms with Gasteiger partial charge in [-0.25, -0.2) is 9.37 Å². The summed E-state index contributed by atoms with van der Waals surface area (Å²) in [4.78, 5) is 15.6. The van der Waals surface area contributed by atoms with E-state index < -0.39 is 30.5 Å². The number of alkyl halides is 4. The third-order valence-electron chi connectivity index (χ3n) is 4.62. The summed E-state index contributed by atoms with van der Waals surface area (Å²) in [5.74, 6) is -1.02. The van der Waals surface area contributed by atoms with Gasteiger partial charge in [0.1, 0.15) is 23.5 Å². The molecule has 0 fully saturated rings. The largest absolute Gasteiger partial charge is 0.546 e. The summed E-state index contributed by atoms with van der Waals surface area (Å²) < 4.78 is 58.2. The minimum atomic E-state index is -4.41. The van der Waals surface area contributed by atoms with Gasteiger partial charge in [0.2, 0.25) is 0 Å². The number of halogens is 4. The third-order valence-corrected chi connectivity index (χ3v) is 5.85. The fourth-order valence-electron chi connectivity index (χ4n) is 2.99. The van der Waals surface area contributed by atoms with Crippen molar-refractivity contribution in [2.45, 2.75) is 32.6 Å². The lowest BCUT2D eigenvalue weighted by Gasteiger charge is -2.13. The molecule has 3 aromatic rings. The second-order valence-corrected chi connectivity index (χ2v) is 8.04. The van der Waals surface area contributed by atoms with Crippen LogP contribution in [0.2, 0.25) is 0 Å². The number of carboxylic acids is 1. The number of rotatable bonds is 7. The number of aryl methyl sites for hydroxylation is 2. The van der Waals surface area contributed by atoms with Crippen molar-refractivity contribution in [3.63, 3.8) is 0 Å². The van der Waals surface area contributed by atoms with Gasteiger partial charge >= 0.3 is 6.18 Å². The van der Waals surface area contributed by atoms with E-state index in [1.807, 2.05) is 0 Å². The molecule has 0 aliphatic carbocycles. The molecule has 0 spiro atoms. The first kappa shape index (κ1) is 22.7. The van der Waals surface area contributed by atoms with Gasteiger partial charge in [0, 0.05) is 16.9 Å². The maximum absolute atomic E-state index is 14.9. The molecule has 1 unspecified atom stereocenters. The molecule has 164 valence electrons. The molecule has 3 rings (SSSR count). The number of carbonyl (C=O) groups excluding carboxylic acids is 1. The van der Waals surface area contributed by atoms with Crippen molar-refractivity contribution in [1.29, 1.82) is 0 Å². The highest BCUT2D eigenvalue weighted by molar-refractivity contribution is 7.15. The molecule has 0 saturated carbocycles. The van der Waals surface area contributed by atoms with Crippen molar-refractivity contribution in [1.82, 2.24) is 4.98 Å². The highest BCUT2D eigenvalue weighted by Crippen LogP contribution is 2.35. The number of hydrogen-bond donors (Lipinski definition) is 0. The molecular weight excluding hydrogens is 434 g/mol. The molecular formula is C22H18F4NO3S-. The van der Waals surface area contributed by atoms with Crippen LogP contribution in [-0.4, -0.2) is 17.6 Å². The number of carbonyl (C=O) groups is 1. The maximum atomic E-state index is 14.9. The van der Waals surface area contributed by atoms with Crippen LogP contribution in [0.3, 0.4) is 0 Å². The smallest absolute Gasteiger partial charge is 0.416 e. The van der Waals surface area contributed by atoms with Crippen LogP contribution in [0.5, 0.6) is 5.75 Å². The minimum absolute atomic E-state index is 0.0584. The Morgan fingerprint density at radius 3 is 2.42 bits per heavy atom. The van der Waals surface area contributed by atoms with E-state index in [1.165, 1.54) is 35.6 Å². The molecule has 0 radical (unpaired) electrons. The molecule has 0 amide bonds. The van der Waals surface area contributed by atoms with Crippen LogP contribution in [0.25, 0.3) is 10.6 Å². The van der Waals surface area contributed by atoms with E-state index in [9.17, 15) is 27.5 Å². The first-order chi connectivity index (χ1) is 14.5. The Morgan fingerprint density at radius 2 is 1.84 bits per heavy atom. The zero-order valence-electron chi connectivity index (χ0n) is 16.6. The summed E-state index contributed by atoms with van der Waals surface area (Å²) in [6, 6.07) is 9.32. The minimum Gasteiger partial charge on any atom is -0.546 e. The topological polar surface area (TPSA) is 62.2 Å². The van der Waals surface area contributed by atoms with E-state index in [0.717, 1.165) is 12.1 Å². The average Bonchev–Trinajstić information content (AvgIpc) is 3.06. The van der Waals surface area contributed by atoms with E-state index >= 15 is 0 Å². The number of thiazole rings is 1. The van der Waals surface area contributed by atoms with Gasteiger partial charge in [0.05, 0.1) is 17.2 Å². The lowest BCUT2D eigenvalue weighted by molar-refractivity contribution is -0.307. The molecule has 0 aliphatic heterocycles. The normalized spacial score (nSPS) is 12.6. The predicted molar refractivity (Wildman–Crippen MR) is 107 cm³/mol. The van der Waals surface area contributed by atoms with Crippen LogP contribution in [0.1, 0.15) is 33.4 Å². The number of carboxylic acid groups (broad SMARTS) is 1. The van der Waals surface area contributed by atoms with Gasteiger partial charge < -0.3 is 14.6 Å². The van der Waals surface area contributed by atoms with Crippen molar-refractivity contribution in [2.75, 3.05) is 6.61 Å². The van der Waals surface area contributed by atoms with Crippen LogP contribution in [-0.2, 0) is 17.4 Å². The Labute approximate surface area is 180 Å². The van der Waals surface area contributed by atoms with E-state index in [-0.39, 0.29) is 6.42 Å². The molecule has 0 saturated heterocycles. The number of aromatic nitrogens is 1. The lowest BCUT2D eigenvalue weighted by atomic mass is 10.0. The molecule has 1 aromatic heterocycles. The fourth-order valence-corrected chi connectivity index (χ4v) is 4.08. The molecule has 0 aliphatic rings. The van der Waals surface area contributed by atoms with Gasteiger partial charge in [-0.1, -0.05) is 18.2 Å². The van der Waals surface area contributed by atoms with Gasteiger partial charge in [-0.05, 0) is 49.2 Å². The van der Waals surface area contributed by atoms with Crippen LogP contribution in [0, 0.1) is 13.8 Å². The highest BCUT2D eigenvalue weighted by atomic mass is 32.1. The standard InChI is InChI=1S/C22H19F4NO3S/c1-12-9-15(5-8-18(12)30-11-20(28)29)17(23)10-19-13(2)27-21(31-19)14-3-6-16(7-4-14)22(24,25)26/h3-9,17H,10-11H2,1-2H3,(H,28,29)/p-1. The van der Waals surface area contributed by atoms with Gasteiger partial charge in [0.25, 0.3) is 0 Å². The van der Waals surface area contributed by atoms with Crippen LogP contribution in [0.4, 0.5) is 17.6 Å². The summed E-state index contributed by atoms with van der Waals surface area (Å²) in [6.07, 6.45) is -5.69. The van der Waals surface area contributed by atoms with Gasteiger partial charge in [-0.2, -0.15) is 13.2 Å². The van der Waals surface area contributed by atoms with E-state index in [0.29, 0.717) is 38.0 Å². The van der Waals surface area contributed by atoms with E-state index in [2.05, 4.69) is 4.98 Å². The van der Waals surface area contributed by atoms with Crippen molar-refractivity contribution >= 4 is 17.3 Å². The van der Waals surface area contributed by atoms with Crippen molar-refractivity contribution < 1.29 is 32.2 Å². The van der Waals surface area contributed by atoms with Crippen molar-refractivity contribution in [2.24, 2.45) is 0 Å². The molecule has 1 heterocycles. The zero-order valence-corrected chi connectivity index (χ0v) is 17.4. The quantitative estimate of drug-likeness (QED) is 0.482. The number of ether oxygens (including phenoxy) is 1. The molecule has 9 heteroatoms. The molecule has 0 bridgehead atoms. The Balaban J connectivity index is 1.74. The fraction of sp³-hybridized carbons (Fsp3) is 0.273. The van der Waals surface area contributed by atoms with Crippen LogP contribution >= 0.6 is 11.3 Å². The van der Waals surface area contributed by atoms with Gasteiger partial charge in [-0.3, -0.25) is 0 Å². The molecule has 31 heavy (non-hydrogen) atoms. The average molecular weight is 452 g/mol. The Bertz CT molecular complexity index is 1080. The molecule has 1 atom stereocenters. The summed E-state index contributed by atoms with van der Waals surface area (Å²) in [5.41, 5.74) is 1.41. The molecule has 4 nitrogen and oxygen atoms in total. The lowest BCUT2D eigenvalue weighted by Crippen LogP contribution is -2.29. The Morgan fingerprint density at radius 1 is 1.16 bits per heavy atom. The monoisotopic (exact) mass is 452 g/mol. The Kier molecular flexibility index (Phi) is 6.64. The summed E-state index contributed by atoms with van der Waals surface area (Å²) in [5, 5.41) is 11.0. The van der Waals surface area contributed by atoms with Gasteiger partial charge in [-0.15, -0.1) is 11.3 Å². The second kappa shape index (κ2) is 9.05. The SMILES string of the molecule is Cc1cc(C(F)Cc2sc(-c3ccc(C(F)(F)F)cc3)nc2C)ccc1OCC(=O)[O-]. The van der Waals surface area contributed by atoms with Crippen molar-refractivity contribution in [3.8, 4) is 16.3 Å². The summed E-state index contributed by atoms with van der Waals surface area (Å²) in [7, 11) is 0. The van der Waals surface area contributed by atoms with Crippen LogP contribution < -0.4 is 9.84 Å². The predicted octanol–water partition coefficient (Wildman–Crippen LogP) is 4.83. The number of aliphatic carboxylic acids is 1. The zero-order chi connectivity index (χ0) is 22.8.